The highest BCUT2D eigenvalue weighted by atomic mass is 16.5. The summed E-state index contributed by atoms with van der Waals surface area (Å²) in [5.41, 5.74) is 1.77. The number of benzene rings is 1. The largest absolute Gasteiger partial charge is 0.439 e. The second-order valence-electron chi connectivity index (χ2n) is 5.40. The zero-order valence-corrected chi connectivity index (χ0v) is 13.8. The first-order valence-corrected chi connectivity index (χ1v) is 7.85. The second kappa shape index (κ2) is 7.92. The first-order chi connectivity index (χ1) is 12.2. The zero-order valence-electron chi connectivity index (χ0n) is 13.8. The van der Waals surface area contributed by atoms with Crippen molar-refractivity contribution in [3.63, 3.8) is 0 Å². The molecular formula is C19H18N4O2. The summed E-state index contributed by atoms with van der Waals surface area (Å²) in [7, 11) is 0. The number of hydrogen-bond acceptors (Lipinski definition) is 4. The first kappa shape index (κ1) is 16.4. The minimum atomic E-state index is -0.314. The number of ether oxygens (including phenoxy) is 1. The fourth-order valence-corrected chi connectivity index (χ4v) is 2.14. The number of urea groups is 1. The Morgan fingerprint density at radius 1 is 1.04 bits per heavy atom. The van der Waals surface area contributed by atoms with Crippen molar-refractivity contribution in [3.05, 3.63) is 78.1 Å². The molecule has 2 amide bonds. The Hall–Kier alpha value is -3.41. The van der Waals surface area contributed by atoms with Gasteiger partial charge in [0.1, 0.15) is 11.6 Å². The first-order valence-electron chi connectivity index (χ1n) is 7.85. The van der Waals surface area contributed by atoms with Gasteiger partial charge in [-0.05, 0) is 36.2 Å². The molecule has 0 aliphatic heterocycles. The molecule has 0 saturated carbocycles. The predicted molar refractivity (Wildman–Crippen MR) is 95.6 cm³/mol. The average molecular weight is 334 g/mol. The Bertz CT molecular complexity index is 836. The Morgan fingerprint density at radius 2 is 1.88 bits per heavy atom. The standard InChI is InChI=1S/C19H18N4O2/c1-14-6-5-11-20-18(14)23-19(24)22-13-15-9-10-17(21-12-15)25-16-7-3-2-4-8-16/h2-12H,13H2,1H3,(H2,20,22,23,24). The highest BCUT2D eigenvalue weighted by molar-refractivity contribution is 5.88. The van der Waals surface area contributed by atoms with Crippen molar-refractivity contribution in [3.8, 4) is 11.6 Å². The average Bonchev–Trinajstić information content (AvgIpc) is 2.64. The molecule has 0 unspecified atom stereocenters. The van der Waals surface area contributed by atoms with E-state index in [0.717, 1.165) is 16.9 Å². The van der Waals surface area contributed by atoms with Crippen LogP contribution in [0.1, 0.15) is 11.1 Å². The van der Waals surface area contributed by atoms with E-state index in [1.165, 1.54) is 0 Å². The SMILES string of the molecule is Cc1cccnc1NC(=O)NCc1ccc(Oc2ccccc2)nc1. The van der Waals surface area contributed by atoms with Gasteiger partial charge in [0.25, 0.3) is 0 Å². The van der Waals surface area contributed by atoms with Gasteiger partial charge in [-0.25, -0.2) is 14.8 Å². The van der Waals surface area contributed by atoms with Gasteiger partial charge in [0.05, 0.1) is 0 Å². The van der Waals surface area contributed by atoms with Crippen molar-refractivity contribution in [2.45, 2.75) is 13.5 Å². The normalized spacial score (nSPS) is 10.1. The summed E-state index contributed by atoms with van der Waals surface area (Å²) in [5, 5.41) is 5.49. The van der Waals surface area contributed by atoms with E-state index in [2.05, 4.69) is 20.6 Å². The van der Waals surface area contributed by atoms with Crippen molar-refractivity contribution in [2.75, 3.05) is 5.32 Å². The molecule has 1 aromatic carbocycles. The highest BCUT2D eigenvalue weighted by Crippen LogP contribution is 2.18. The van der Waals surface area contributed by atoms with E-state index >= 15 is 0 Å². The lowest BCUT2D eigenvalue weighted by Gasteiger charge is -2.09. The third-order valence-corrected chi connectivity index (χ3v) is 3.46. The van der Waals surface area contributed by atoms with Gasteiger partial charge in [0, 0.05) is 25.0 Å². The molecule has 2 heterocycles. The minimum Gasteiger partial charge on any atom is -0.439 e. The molecule has 3 rings (SSSR count). The van der Waals surface area contributed by atoms with Crippen molar-refractivity contribution in [1.29, 1.82) is 0 Å². The van der Waals surface area contributed by atoms with Crippen LogP contribution in [0.2, 0.25) is 0 Å². The Morgan fingerprint density at radius 3 is 2.60 bits per heavy atom. The maximum absolute atomic E-state index is 11.9. The molecule has 25 heavy (non-hydrogen) atoms. The molecule has 0 saturated heterocycles. The number of rotatable bonds is 5. The number of nitrogens with zero attached hydrogens (tertiary/aromatic N) is 2. The van der Waals surface area contributed by atoms with Gasteiger partial charge >= 0.3 is 6.03 Å². The molecule has 0 bridgehead atoms. The summed E-state index contributed by atoms with van der Waals surface area (Å²) in [4.78, 5) is 20.3. The summed E-state index contributed by atoms with van der Waals surface area (Å²) in [6, 6.07) is 16.5. The number of carbonyl (C=O) groups excluding carboxylic acids is 1. The van der Waals surface area contributed by atoms with Crippen molar-refractivity contribution >= 4 is 11.8 Å². The van der Waals surface area contributed by atoms with E-state index < -0.39 is 0 Å². The smallest absolute Gasteiger partial charge is 0.320 e. The second-order valence-corrected chi connectivity index (χ2v) is 5.40. The van der Waals surface area contributed by atoms with E-state index in [9.17, 15) is 4.79 Å². The fourth-order valence-electron chi connectivity index (χ4n) is 2.14. The van der Waals surface area contributed by atoms with Crippen LogP contribution in [0.4, 0.5) is 10.6 Å². The quantitative estimate of drug-likeness (QED) is 0.742. The number of aromatic nitrogens is 2. The number of pyridine rings is 2. The van der Waals surface area contributed by atoms with Gasteiger partial charge in [-0.3, -0.25) is 5.32 Å². The van der Waals surface area contributed by atoms with Gasteiger partial charge in [0.15, 0.2) is 0 Å². The van der Waals surface area contributed by atoms with Crippen LogP contribution in [0.15, 0.2) is 67.0 Å². The molecule has 2 aromatic heterocycles. The van der Waals surface area contributed by atoms with Crippen LogP contribution in [0.5, 0.6) is 11.6 Å². The fraction of sp³-hybridized carbons (Fsp3) is 0.105. The number of aryl methyl sites for hydroxylation is 1. The van der Waals surface area contributed by atoms with E-state index in [4.69, 9.17) is 4.74 Å². The van der Waals surface area contributed by atoms with Gasteiger partial charge in [-0.15, -0.1) is 0 Å². The van der Waals surface area contributed by atoms with Gasteiger partial charge in [0.2, 0.25) is 5.88 Å². The molecule has 126 valence electrons. The summed E-state index contributed by atoms with van der Waals surface area (Å²) < 4.78 is 5.63. The third-order valence-electron chi connectivity index (χ3n) is 3.46. The summed E-state index contributed by atoms with van der Waals surface area (Å²) >= 11 is 0. The van der Waals surface area contributed by atoms with E-state index in [0.29, 0.717) is 18.2 Å². The number of hydrogen-bond donors (Lipinski definition) is 2. The lowest BCUT2D eigenvalue weighted by Crippen LogP contribution is -2.28. The molecule has 0 radical (unpaired) electrons. The number of para-hydroxylation sites is 1. The minimum absolute atomic E-state index is 0.314. The lowest BCUT2D eigenvalue weighted by molar-refractivity contribution is 0.251. The Kier molecular flexibility index (Phi) is 5.21. The number of amides is 2. The van der Waals surface area contributed by atoms with Gasteiger partial charge in [-0.2, -0.15) is 0 Å². The zero-order chi connectivity index (χ0) is 17.5. The summed E-state index contributed by atoms with van der Waals surface area (Å²) in [6.45, 7) is 2.24. The summed E-state index contributed by atoms with van der Waals surface area (Å²) in [5.74, 6) is 1.78. The van der Waals surface area contributed by atoms with E-state index in [-0.39, 0.29) is 6.03 Å². The molecule has 0 aliphatic rings. The van der Waals surface area contributed by atoms with Crippen molar-refractivity contribution in [1.82, 2.24) is 15.3 Å². The molecule has 2 N–H and O–H groups in total. The van der Waals surface area contributed by atoms with Crippen LogP contribution in [0.25, 0.3) is 0 Å². The number of nitrogens with one attached hydrogen (secondary N) is 2. The predicted octanol–water partition coefficient (Wildman–Crippen LogP) is 3.90. The monoisotopic (exact) mass is 334 g/mol. The van der Waals surface area contributed by atoms with Gasteiger partial charge < -0.3 is 10.1 Å². The molecule has 6 heteroatoms. The van der Waals surface area contributed by atoms with Crippen LogP contribution in [0, 0.1) is 6.92 Å². The number of carbonyl (C=O) groups is 1. The topological polar surface area (TPSA) is 76.1 Å². The Balaban J connectivity index is 1.51. The Labute approximate surface area is 145 Å². The molecule has 0 fully saturated rings. The molecule has 0 aliphatic carbocycles. The summed E-state index contributed by atoms with van der Waals surface area (Å²) in [6.07, 6.45) is 3.31. The highest BCUT2D eigenvalue weighted by Gasteiger charge is 2.05. The van der Waals surface area contributed by atoms with Crippen LogP contribution in [-0.4, -0.2) is 16.0 Å². The lowest BCUT2D eigenvalue weighted by atomic mass is 10.3. The van der Waals surface area contributed by atoms with Crippen molar-refractivity contribution < 1.29 is 9.53 Å². The number of anilines is 1. The van der Waals surface area contributed by atoms with Gasteiger partial charge in [-0.1, -0.05) is 30.3 Å². The molecular weight excluding hydrogens is 316 g/mol. The molecule has 0 spiro atoms. The molecule has 3 aromatic rings. The molecule has 0 atom stereocenters. The van der Waals surface area contributed by atoms with Crippen molar-refractivity contribution in [2.24, 2.45) is 0 Å². The molecule has 6 nitrogen and oxygen atoms in total. The maximum atomic E-state index is 11.9. The van der Waals surface area contributed by atoms with Crippen LogP contribution in [0.3, 0.4) is 0 Å². The van der Waals surface area contributed by atoms with E-state index in [1.54, 1.807) is 18.5 Å². The van der Waals surface area contributed by atoms with Crippen LogP contribution < -0.4 is 15.4 Å². The van der Waals surface area contributed by atoms with E-state index in [1.807, 2.05) is 55.5 Å². The van der Waals surface area contributed by atoms with Crippen LogP contribution >= 0.6 is 0 Å². The maximum Gasteiger partial charge on any atom is 0.320 e. The van der Waals surface area contributed by atoms with Crippen LogP contribution in [-0.2, 0) is 6.54 Å². The third kappa shape index (κ3) is 4.78.